The first kappa shape index (κ1) is 15.1. The fourth-order valence-electron chi connectivity index (χ4n) is 2.15. The molecule has 6 nitrogen and oxygen atoms in total. The van der Waals surface area contributed by atoms with E-state index >= 15 is 0 Å². The number of nitrogens with one attached hydrogen (secondary N) is 2. The summed E-state index contributed by atoms with van der Waals surface area (Å²) in [5.74, 6) is 0. The van der Waals surface area contributed by atoms with Gasteiger partial charge < -0.3 is 4.74 Å². The average Bonchev–Trinajstić information content (AvgIpc) is 2.65. The van der Waals surface area contributed by atoms with Gasteiger partial charge >= 0.3 is 16.3 Å². The minimum Gasteiger partial charge on any atom is -0.449 e. The fraction of sp³-hybridized carbons (Fsp3) is 0.417. The first-order chi connectivity index (χ1) is 9.43. The van der Waals surface area contributed by atoms with Crippen LogP contribution < -0.4 is 9.44 Å². The molecule has 1 aromatic rings. The van der Waals surface area contributed by atoms with Gasteiger partial charge in [-0.1, -0.05) is 24.3 Å². The predicted octanol–water partition coefficient (Wildman–Crippen LogP) is 1.47. The van der Waals surface area contributed by atoms with Gasteiger partial charge in [0.25, 0.3) is 0 Å². The SMILES string of the molecule is CCOC(=O)NS(=O)(=O)NC1c2ccccc2CC1Cl. The molecule has 1 aliphatic carbocycles. The highest BCUT2D eigenvalue weighted by Gasteiger charge is 2.34. The maximum absolute atomic E-state index is 11.8. The van der Waals surface area contributed by atoms with Crippen molar-refractivity contribution in [2.24, 2.45) is 0 Å². The van der Waals surface area contributed by atoms with E-state index in [2.05, 4.69) is 9.46 Å². The summed E-state index contributed by atoms with van der Waals surface area (Å²) in [5, 5.41) is -0.397. The lowest BCUT2D eigenvalue weighted by Crippen LogP contribution is -2.43. The third-order valence-electron chi connectivity index (χ3n) is 2.94. The molecule has 2 N–H and O–H groups in total. The molecule has 1 aromatic carbocycles. The van der Waals surface area contributed by atoms with E-state index in [-0.39, 0.29) is 6.61 Å². The number of alkyl halides is 1. The van der Waals surface area contributed by atoms with Crippen LogP contribution in [0.3, 0.4) is 0 Å². The van der Waals surface area contributed by atoms with Gasteiger partial charge in [-0.05, 0) is 24.5 Å². The Hall–Kier alpha value is -1.31. The largest absolute Gasteiger partial charge is 0.449 e. The fourth-order valence-corrected chi connectivity index (χ4v) is 3.55. The highest BCUT2D eigenvalue weighted by molar-refractivity contribution is 7.88. The molecule has 8 heteroatoms. The number of ether oxygens (including phenoxy) is 1. The van der Waals surface area contributed by atoms with Crippen LogP contribution in [-0.2, 0) is 21.4 Å². The number of fused-ring (bicyclic) bond motifs is 1. The molecule has 1 amide bonds. The summed E-state index contributed by atoms with van der Waals surface area (Å²) in [4.78, 5) is 11.2. The maximum atomic E-state index is 11.8. The van der Waals surface area contributed by atoms with E-state index in [9.17, 15) is 13.2 Å². The van der Waals surface area contributed by atoms with Gasteiger partial charge in [0.2, 0.25) is 0 Å². The van der Waals surface area contributed by atoms with E-state index in [1.807, 2.05) is 24.3 Å². The highest BCUT2D eigenvalue weighted by atomic mass is 35.5. The Bertz CT molecular complexity index is 605. The Morgan fingerprint density at radius 2 is 2.15 bits per heavy atom. The second-order valence-electron chi connectivity index (χ2n) is 4.34. The van der Waals surface area contributed by atoms with Gasteiger partial charge in [-0.2, -0.15) is 13.1 Å². The van der Waals surface area contributed by atoms with Crippen molar-refractivity contribution in [1.29, 1.82) is 0 Å². The van der Waals surface area contributed by atoms with Gasteiger partial charge in [-0.25, -0.2) is 9.52 Å². The van der Waals surface area contributed by atoms with E-state index in [0.29, 0.717) is 6.42 Å². The Balaban J connectivity index is 2.12. The minimum atomic E-state index is -4.02. The molecule has 0 bridgehead atoms. The Labute approximate surface area is 122 Å². The normalized spacial score (nSPS) is 21.3. The van der Waals surface area contributed by atoms with Gasteiger partial charge in [-0.15, -0.1) is 11.6 Å². The van der Waals surface area contributed by atoms with Crippen LogP contribution >= 0.6 is 11.6 Å². The summed E-state index contributed by atoms with van der Waals surface area (Å²) in [6.07, 6.45) is -0.443. The van der Waals surface area contributed by atoms with Crippen LogP contribution in [0.4, 0.5) is 4.79 Å². The van der Waals surface area contributed by atoms with Gasteiger partial charge in [0, 0.05) is 0 Å². The molecule has 2 atom stereocenters. The molecule has 2 unspecified atom stereocenters. The number of halogens is 1. The summed E-state index contributed by atoms with van der Waals surface area (Å²) in [7, 11) is -4.02. The summed E-state index contributed by atoms with van der Waals surface area (Å²) in [6.45, 7) is 1.67. The molecule has 0 heterocycles. The lowest BCUT2D eigenvalue weighted by Gasteiger charge is -2.17. The number of hydrogen-bond donors (Lipinski definition) is 2. The summed E-state index contributed by atoms with van der Waals surface area (Å²) >= 11 is 6.18. The first-order valence-corrected chi connectivity index (χ1v) is 8.03. The number of carbonyl (C=O) groups excluding carboxylic acids is 1. The molecule has 0 saturated heterocycles. The Morgan fingerprint density at radius 1 is 1.45 bits per heavy atom. The molecule has 0 aromatic heterocycles. The van der Waals surface area contributed by atoms with Crippen molar-refractivity contribution in [1.82, 2.24) is 9.44 Å². The number of hydrogen-bond acceptors (Lipinski definition) is 4. The summed E-state index contributed by atoms with van der Waals surface area (Å²) in [5.41, 5.74) is 1.82. The van der Waals surface area contributed by atoms with Crippen molar-refractivity contribution in [3.05, 3.63) is 35.4 Å². The summed E-state index contributed by atoms with van der Waals surface area (Å²) in [6, 6.07) is 6.83. The van der Waals surface area contributed by atoms with Gasteiger partial charge in [0.1, 0.15) is 0 Å². The zero-order valence-corrected chi connectivity index (χ0v) is 12.4. The van der Waals surface area contributed by atoms with Crippen molar-refractivity contribution in [3.8, 4) is 0 Å². The number of benzene rings is 1. The van der Waals surface area contributed by atoms with Crippen LogP contribution in [0.25, 0.3) is 0 Å². The molecule has 110 valence electrons. The van der Waals surface area contributed by atoms with Crippen LogP contribution in [0.1, 0.15) is 24.1 Å². The molecular weight excluding hydrogens is 304 g/mol. The van der Waals surface area contributed by atoms with E-state index in [1.54, 1.807) is 11.6 Å². The molecule has 20 heavy (non-hydrogen) atoms. The molecule has 2 rings (SSSR count). The smallest absolute Gasteiger partial charge is 0.421 e. The molecule has 0 aliphatic heterocycles. The van der Waals surface area contributed by atoms with E-state index in [0.717, 1.165) is 11.1 Å². The third kappa shape index (κ3) is 3.41. The van der Waals surface area contributed by atoms with E-state index in [4.69, 9.17) is 11.6 Å². The number of carbonyl (C=O) groups is 1. The van der Waals surface area contributed by atoms with E-state index in [1.165, 1.54) is 0 Å². The Kier molecular flexibility index (Phi) is 4.52. The van der Waals surface area contributed by atoms with Gasteiger partial charge in [0.05, 0.1) is 18.0 Å². The van der Waals surface area contributed by atoms with Crippen LogP contribution in [0, 0.1) is 0 Å². The van der Waals surface area contributed by atoms with Crippen LogP contribution in [0.5, 0.6) is 0 Å². The average molecular weight is 319 g/mol. The quantitative estimate of drug-likeness (QED) is 0.823. The molecule has 1 aliphatic rings. The van der Waals surface area contributed by atoms with Gasteiger partial charge in [0.15, 0.2) is 0 Å². The highest BCUT2D eigenvalue weighted by Crippen LogP contribution is 2.34. The second kappa shape index (κ2) is 5.99. The third-order valence-corrected chi connectivity index (χ3v) is 4.35. The predicted molar refractivity (Wildman–Crippen MR) is 74.7 cm³/mol. The van der Waals surface area contributed by atoms with Crippen LogP contribution in [-0.4, -0.2) is 26.5 Å². The molecule has 0 fully saturated rings. The van der Waals surface area contributed by atoms with E-state index < -0.39 is 27.7 Å². The summed E-state index contributed by atoms with van der Waals surface area (Å²) < 4.78 is 32.4. The topological polar surface area (TPSA) is 84.5 Å². The lowest BCUT2D eigenvalue weighted by molar-refractivity contribution is 0.158. The molecular formula is C12H15ClN2O4S. The lowest BCUT2D eigenvalue weighted by atomic mass is 10.1. The van der Waals surface area contributed by atoms with Gasteiger partial charge in [-0.3, -0.25) is 0 Å². The molecule has 0 radical (unpaired) electrons. The van der Waals surface area contributed by atoms with Crippen molar-refractivity contribution >= 4 is 27.9 Å². The zero-order valence-electron chi connectivity index (χ0n) is 10.8. The zero-order chi connectivity index (χ0) is 14.8. The molecule has 0 saturated carbocycles. The van der Waals surface area contributed by atoms with Crippen molar-refractivity contribution < 1.29 is 17.9 Å². The maximum Gasteiger partial charge on any atom is 0.421 e. The standard InChI is InChI=1S/C12H15ClN2O4S/c1-2-19-12(16)15-20(17,18)14-11-9-6-4-3-5-8(9)7-10(11)13/h3-6,10-11,14H,2,7H2,1H3,(H,15,16). The molecule has 0 spiro atoms. The van der Waals surface area contributed by atoms with Crippen LogP contribution in [0.15, 0.2) is 24.3 Å². The Morgan fingerprint density at radius 3 is 2.85 bits per heavy atom. The number of amides is 1. The van der Waals surface area contributed by atoms with Crippen molar-refractivity contribution in [3.63, 3.8) is 0 Å². The first-order valence-electron chi connectivity index (χ1n) is 6.11. The minimum absolute atomic E-state index is 0.0890. The number of rotatable bonds is 4. The van der Waals surface area contributed by atoms with Crippen LogP contribution in [0.2, 0.25) is 0 Å². The van der Waals surface area contributed by atoms with Crippen molar-refractivity contribution in [2.75, 3.05) is 6.61 Å². The van der Waals surface area contributed by atoms with Crippen molar-refractivity contribution in [2.45, 2.75) is 24.8 Å². The monoisotopic (exact) mass is 318 g/mol. The second-order valence-corrected chi connectivity index (χ2v) is 6.35.